The molecule has 1 amide bonds. The Hall–Kier alpha value is -2.21. The number of aromatic nitrogens is 2. The number of hydrogen-bond donors (Lipinski definition) is 0. The number of hydrogen-bond acceptors (Lipinski definition) is 5. The fourth-order valence-corrected chi connectivity index (χ4v) is 4.06. The lowest BCUT2D eigenvalue weighted by Crippen LogP contribution is -2.48. The Balaban J connectivity index is 1.29. The molecule has 2 saturated heterocycles. The SMILES string of the molecule is O=C(c1cnccn1)N1CCC2(CCN(Cc3ccco3)CC2)CC1. The number of likely N-dealkylation sites (tertiary alicyclic amines) is 2. The van der Waals surface area contributed by atoms with E-state index >= 15 is 0 Å². The maximum Gasteiger partial charge on any atom is 0.274 e. The molecule has 0 atom stereocenters. The Morgan fingerprint density at radius 1 is 1.12 bits per heavy atom. The van der Waals surface area contributed by atoms with Crippen molar-refractivity contribution in [2.24, 2.45) is 5.41 Å². The van der Waals surface area contributed by atoms with Gasteiger partial charge in [-0.15, -0.1) is 0 Å². The first kappa shape index (κ1) is 16.3. The van der Waals surface area contributed by atoms with E-state index < -0.39 is 0 Å². The van der Waals surface area contributed by atoms with Crippen LogP contribution in [0, 0.1) is 5.41 Å². The van der Waals surface area contributed by atoms with E-state index in [1.54, 1.807) is 24.9 Å². The molecule has 2 aliphatic rings. The number of amides is 1. The summed E-state index contributed by atoms with van der Waals surface area (Å²) >= 11 is 0. The predicted octanol–water partition coefficient (Wildman–Crippen LogP) is 2.59. The van der Waals surface area contributed by atoms with E-state index in [1.165, 1.54) is 12.8 Å². The van der Waals surface area contributed by atoms with Gasteiger partial charge >= 0.3 is 0 Å². The highest BCUT2D eigenvalue weighted by atomic mass is 16.3. The Morgan fingerprint density at radius 3 is 2.52 bits per heavy atom. The molecule has 0 bridgehead atoms. The first-order chi connectivity index (χ1) is 12.2. The zero-order chi connectivity index (χ0) is 17.1. The zero-order valence-corrected chi connectivity index (χ0v) is 14.4. The summed E-state index contributed by atoms with van der Waals surface area (Å²) in [4.78, 5) is 25.0. The molecule has 6 heteroatoms. The van der Waals surface area contributed by atoms with Crippen LogP contribution in [0.4, 0.5) is 0 Å². The van der Waals surface area contributed by atoms with Gasteiger partial charge in [-0.05, 0) is 56.3 Å². The van der Waals surface area contributed by atoms with Crippen LogP contribution < -0.4 is 0 Å². The Bertz CT molecular complexity index is 683. The Labute approximate surface area is 147 Å². The van der Waals surface area contributed by atoms with Crippen LogP contribution in [0.2, 0.25) is 0 Å². The molecule has 2 aromatic heterocycles. The van der Waals surface area contributed by atoms with Gasteiger partial charge in [-0.1, -0.05) is 0 Å². The topological polar surface area (TPSA) is 62.5 Å². The van der Waals surface area contributed by atoms with Gasteiger partial charge in [0, 0.05) is 25.5 Å². The van der Waals surface area contributed by atoms with Crippen molar-refractivity contribution < 1.29 is 9.21 Å². The van der Waals surface area contributed by atoms with Crippen molar-refractivity contribution in [2.45, 2.75) is 32.2 Å². The summed E-state index contributed by atoms with van der Waals surface area (Å²) in [7, 11) is 0. The molecular formula is C19H24N4O2. The van der Waals surface area contributed by atoms with E-state index in [0.717, 1.165) is 51.3 Å². The lowest BCUT2D eigenvalue weighted by atomic mass is 9.71. The van der Waals surface area contributed by atoms with Crippen LogP contribution in [-0.4, -0.2) is 51.9 Å². The van der Waals surface area contributed by atoms with E-state index in [0.29, 0.717) is 11.1 Å². The van der Waals surface area contributed by atoms with Crippen molar-refractivity contribution >= 4 is 5.91 Å². The van der Waals surface area contributed by atoms with Gasteiger partial charge in [-0.2, -0.15) is 0 Å². The normalized spacial score (nSPS) is 20.7. The Kier molecular flexibility index (Phi) is 4.53. The maximum atomic E-state index is 12.5. The summed E-state index contributed by atoms with van der Waals surface area (Å²) in [6.45, 7) is 4.78. The summed E-state index contributed by atoms with van der Waals surface area (Å²) in [5.74, 6) is 1.05. The van der Waals surface area contributed by atoms with Gasteiger partial charge in [0.15, 0.2) is 0 Å². The van der Waals surface area contributed by atoms with Crippen molar-refractivity contribution in [3.63, 3.8) is 0 Å². The van der Waals surface area contributed by atoms with Crippen LogP contribution in [0.25, 0.3) is 0 Å². The number of piperidine rings is 2. The maximum absolute atomic E-state index is 12.5. The van der Waals surface area contributed by atoms with Crippen LogP contribution in [0.5, 0.6) is 0 Å². The molecule has 2 fully saturated rings. The lowest BCUT2D eigenvalue weighted by Gasteiger charge is -2.46. The Morgan fingerprint density at radius 2 is 1.88 bits per heavy atom. The van der Waals surface area contributed by atoms with Crippen LogP contribution in [-0.2, 0) is 6.54 Å². The molecule has 0 unspecified atom stereocenters. The monoisotopic (exact) mass is 340 g/mol. The van der Waals surface area contributed by atoms with Gasteiger partial charge in [0.1, 0.15) is 11.5 Å². The van der Waals surface area contributed by atoms with Crippen LogP contribution in [0.15, 0.2) is 41.4 Å². The van der Waals surface area contributed by atoms with Gasteiger partial charge in [-0.25, -0.2) is 4.98 Å². The molecule has 2 aromatic rings. The van der Waals surface area contributed by atoms with Gasteiger partial charge in [0.2, 0.25) is 0 Å². The molecular weight excluding hydrogens is 316 g/mol. The van der Waals surface area contributed by atoms with Crippen molar-refractivity contribution in [1.82, 2.24) is 19.8 Å². The average molecular weight is 340 g/mol. The summed E-state index contributed by atoms with van der Waals surface area (Å²) in [6, 6.07) is 3.99. The fourth-order valence-electron chi connectivity index (χ4n) is 4.06. The predicted molar refractivity (Wildman–Crippen MR) is 92.8 cm³/mol. The lowest BCUT2D eigenvalue weighted by molar-refractivity contribution is 0.0268. The number of nitrogens with zero attached hydrogens (tertiary/aromatic N) is 4. The standard InChI is InChI=1S/C19H24N4O2/c24-18(17-14-20-7-8-21-17)23-11-5-19(6-12-23)3-9-22(10-4-19)15-16-2-1-13-25-16/h1-2,7-8,13-14H,3-6,9-12,15H2. The first-order valence-corrected chi connectivity index (χ1v) is 9.04. The smallest absolute Gasteiger partial charge is 0.274 e. The highest BCUT2D eigenvalue weighted by Crippen LogP contribution is 2.41. The number of furan rings is 1. The summed E-state index contributed by atoms with van der Waals surface area (Å²) in [5, 5.41) is 0. The molecule has 0 radical (unpaired) electrons. The quantitative estimate of drug-likeness (QED) is 0.859. The highest BCUT2D eigenvalue weighted by Gasteiger charge is 2.38. The summed E-state index contributed by atoms with van der Waals surface area (Å²) < 4.78 is 5.46. The minimum Gasteiger partial charge on any atom is -0.468 e. The molecule has 0 saturated carbocycles. The fraction of sp³-hybridized carbons (Fsp3) is 0.526. The number of rotatable bonds is 3. The molecule has 2 aliphatic heterocycles. The van der Waals surface area contributed by atoms with Gasteiger partial charge in [0.25, 0.3) is 5.91 Å². The van der Waals surface area contributed by atoms with E-state index in [-0.39, 0.29) is 5.91 Å². The van der Waals surface area contributed by atoms with E-state index in [2.05, 4.69) is 14.9 Å². The number of carbonyl (C=O) groups excluding carboxylic acids is 1. The minimum absolute atomic E-state index is 0.0122. The van der Waals surface area contributed by atoms with E-state index in [4.69, 9.17) is 4.42 Å². The third-order valence-electron chi connectivity index (χ3n) is 5.77. The second-order valence-corrected chi connectivity index (χ2v) is 7.24. The van der Waals surface area contributed by atoms with E-state index in [1.807, 2.05) is 17.0 Å². The molecule has 25 heavy (non-hydrogen) atoms. The van der Waals surface area contributed by atoms with Gasteiger partial charge in [0.05, 0.1) is 19.0 Å². The first-order valence-electron chi connectivity index (χ1n) is 9.04. The molecule has 0 aliphatic carbocycles. The highest BCUT2D eigenvalue weighted by molar-refractivity contribution is 5.92. The second-order valence-electron chi connectivity index (χ2n) is 7.24. The van der Waals surface area contributed by atoms with Crippen LogP contribution >= 0.6 is 0 Å². The zero-order valence-electron chi connectivity index (χ0n) is 14.4. The second kappa shape index (κ2) is 6.96. The van der Waals surface area contributed by atoms with Crippen LogP contribution in [0.3, 0.4) is 0 Å². The third-order valence-corrected chi connectivity index (χ3v) is 5.77. The van der Waals surface area contributed by atoms with Crippen LogP contribution in [0.1, 0.15) is 41.9 Å². The molecule has 132 valence electrons. The third kappa shape index (κ3) is 3.58. The van der Waals surface area contributed by atoms with Crippen molar-refractivity contribution in [3.8, 4) is 0 Å². The summed E-state index contributed by atoms with van der Waals surface area (Å²) in [5.41, 5.74) is 0.852. The molecule has 6 nitrogen and oxygen atoms in total. The van der Waals surface area contributed by atoms with Gasteiger partial charge < -0.3 is 9.32 Å². The number of carbonyl (C=O) groups is 1. The molecule has 0 N–H and O–H groups in total. The molecule has 1 spiro atoms. The molecule has 4 heterocycles. The molecule has 4 rings (SSSR count). The largest absolute Gasteiger partial charge is 0.468 e. The van der Waals surface area contributed by atoms with E-state index in [9.17, 15) is 4.79 Å². The van der Waals surface area contributed by atoms with Gasteiger partial charge in [-0.3, -0.25) is 14.7 Å². The minimum atomic E-state index is 0.0122. The summed E-state index contributed by atoms with van der Waals surface area (Å²) in [6.07, 6.45) is 11.1. The molecule has 0 aromatic carbocycles. The average Bonchev–Trinajstić information content (AvgIpc) is 3.18. The van der Waals surface area contributed by atoms with Crippen molar-refractivity contribution in [2.75, 3.05) is 26.2 Å². The van der Waals surface area contributed by atoms with Crippen molar-refractivity contribution in [1.29, 1.82) is 0 Å². The van der Waals surface area contributed by atoms with Crippen molar-refractivity contribution in [3.05, 3.63) is 48.4 Å².